The molecule has 11 heteroatoms. The summed E-state index contributed by atoms with van der Waals surface area (Å²) >= 11 is 8.93. The van der Waals surface area contributed by atoms with Gasteiger partial charge in [0.05, 0.1) is 18.0 Å². The monoisotopic (exact) mass is 656 g/mol. The van der Waals surface area contributed by atoms with Crippen LogP contribution < -0.4 is 10.2 Å². The number of nitrogens with zero attached hydrogens (tertiary/aromatic N) is 5. The van der Waals surface area contributed by atoms with Crippen LogP contribution in [0.5, 0.6) is 0 Å². The predicted octanol–water partition coefficient (Wildman–Crippen LogP) is 7.44. The van der Waals surface area contributed by atoms with E-state index >= 15 is 0 Å². The highest BCUT2D eigenvalue weighted by Gasteiger charge is 2.33. The summed E-state index contributed by atoms with van der Waals surface area (Å²) in [5.41, 5.74) is 5.69. The number of aryl methyl sites for hydroxylation is 2. The number of anilines is 2. The fourth-order valence-corrected chi connectivity index (χ4v) is 6.50. The van der Waals surface area contributed by atoms with E-state index < -0.39 is 6.04 Å². The largest absolute Gasteiger partial charge is 0.378 e. The number of benzene rings is 3. The summed E-state index contributed by atoms with van der Waals surface area (Å²) in [6.45, 7) is 3.92. The van der Waals surface area contributed by atoms with Crippen molar-refractivity contribution in [1.29, 1.82) is 0 Å². The van der Waals surface area contributed by atoms with Crippen molar-refractivity contribution in [2.75, 3.05) is 30.1 Å². The van der Waals surface area contributed by atoms with Crippen LogP contribution in [-0.2, 0) is 16.1 Å². The zero-order chi connectivity index (χ0) is 31.9. The topological polar surface area (TPSA) is 91.3 Å². The summed E-state index contributed by atoms with van der Waals surface area (Å²) in [5.74, 6) is -0.567. The Labute approximate surface area is 276 Å². The molecule has 5 aromatic rings. The van der Waals surface area contributed by atoms with Crippen molar-refractivity contribution in [3.63, 3.8) is 0 Å². The summed E-state index contributed by atoms with van der Waals surface area (Å²) < 4.78 is 0. The van der Waals surface area contributed by atoms with Gasteiger partial charge in [-0.3, -0.25) is 9.59 Å². The van der Waals surface area contributed by atoms with Crippen molar-refractivity contribution in [3.05, 3.63) is 117 Å². The summed E-state index contributed by atoms with van der Waals surface area (Å²) in [6, 6.07) is 25.3. The fourth-order valence-electron chi connectivity index (χ4n) is 4.73. The fraction of sp³-hybridized carbons (Fsp3) is 0.206. The summed E-state index contributed by atoms with van der Waals surface area (Å²) in [5, 5.41) is 6.74. The molecule has 0 spiro atoms. The lowest BCUT2D eigenvalue weighted by molar-refractivity contribution is -0.137. The van der Waals surface area contributed by atoms with Gasteiger partial charge in [0.25, 0.3) is 5.91 Å². The van der Waals surface area contributed by atoms with Gasteiger partial charge in [-0.05, 0) is 61.9 Å². The molecule has 1 N–H and O–H groups in total. The Morgan fingerprint density at radius 3 is 2.22 bits per heavy atom. The van der Waals surface area contributed by atoms with Crippen molar-refractivity contribution in [3.8, 4) is 11.3 Å². The third-order valence-corrected chi connectivity index (χ3v) is 8.85. The van der Waals surface area contributed by atoms with Crippen LogP contribution in [-0.4, -0.2) is 51.5 Å². The minimum Gasteiger partial charge on any atom is -0.378 e. The van der Waals surface area contributed by atoms with Crippen molar-refractivity contribution >= 4 is 57.9 Å². The smallest absolute Gasteiger partial charge is 0.251 e. The van der Waals surface area contributed by atoms with Crippen LogP contribution in [0.25, 0.3) is 11.3 Å². The summed E-state index contributed by atoms with van der Waals surface area (Å²) in [6.07, 6.45) is 0. The van der Waals surface area contributed by atoms with E-state index in [2.05, 4.69) is 15.3 Å². The molecule has 2 amide bonds. The molecule has 0 radical (unpaired) electrons. The Kier molecular flexibility index (Phi) is 10.5. The lowest BCUT2D eigenvalue weighted by Crippen LogP contribution is -2.41. The number of thiazole rings is 1. The quantitative estimate of drug-likeness (QED) is 0.117. The van der Waals surface area contributed by atoms with Gasteiger partial charge in [0, 0.05) is 52.8 Å². The average molecular weight is 657 g/mol. The number of nitrogens with one attached hydrogen (secondary N) is 1. The number of carbonyl (C=O) groups is 2. The van der Waals surface area contributed by atoms with Gasteiger partial charge < -0.3 is 15.1 Å². The third kappa shape index (κ3) is 8.48. The summed E-state index contributed by atoms with van der Waals surface area (Å²) in [4.78, 5) is 45.7. The van der Waals surface area contributed by atoms with Crippen LogP contribution in [0.1, 0.15) is 28.0 Å². The molecule has 0 aliphatic rings. The zero-order valence-corrected chi connectivity index (χ0v) is 27.8. The van der Waals surface area contributed by atoms with Crippen LogP contribution in [0.3, 0.4) is 0 Å². The summed E-state index contributed by atoms with van der Waals surface area (Å²) in [7, 11) is 3.91. The van der Waals surface area contributed by atoms with Gasteiger partial charge in [0.1, 0.15) is 11.0 Å². The van der Waals surface area contributed by atoms with Gasteiger partial charge in [-0.2, -0.15) is 0 Å². The Bertz CT molecular complexity index is 1740. The van der Waals surface area contributed by atoms with Crippen molar-refractivity contribution < 1.29 is 9.59 Å². The molecule has 8 nitrogen and oxygen atoms in total. The number of amides is 2. The van der Waals surface area contributed by atoms with E-state index in [1.54, 1.807) is 29.2 Å². The van der Waals surface area contributed by atoms with Gasteiger partial charge in [0.2, 0.25) is 5.91 Å². The number of aromatic nitrogens is 3. The first-order valence-electron chi connectivity index (χ1n) is 14.2. The number of hydrogen-bond donors (Lipinski definition) is 1. The first-order valence-corrected chi connectivity index (χ1v) is 16.5. The van der Waals surface area contributed by atoms with E-state index in [4.69, 9.17) is 16.6 Å². The van der Waals surface area contributed by atoms with E-state index in [0.29, 0.717) is 26.4 Å². The highest BCUT2D eigenvalue weighted by atomic mass is 35.5. The van der Waals surface area contributed by atoms with Gasteiger partial charge in [-0.1, -0.05) is 65.8 Å². The second kappa shape index (κ2) is 14.7. The molecule has 0 saturated carbocycles. The van der Waals surface area contributed by atoms with Crippen LogP contribution in [0, 0.1) is 13.8 Å². The second-order valence-electron chi connectivity index (χ2n) is 10.6. The average Bonchev–Trinajstić information content (AvgIpc) is 3.49. The molecule has 2 heterocycles. The van der Waals surface area contributed by atoms with Gasteiger partial charge >= 0.3 is 0 Å². The zero-order valence-electron chi connectivity index (χ0n) is 25.4. The number of thioether (sulfide) groups is 1. The number of carbonyl (C=O) groups excluding carboxylic acids is 2. The molecule has 0 fully saturated rings. The maximum Gasteiger partial charge on any atom is 0.251 e. The third-order valence-electron chi connectivity index (χ3n) is 6.93. The number of halogens is 1. The highest BCUT2D eigenvalue weighted by Crippen LogP contribution is 2.30. The first kappa shape index (κ1) is 32.2. The molecule has 0 aliphatic carbocycles. The molecule has 2 aromatic heterocycles. The number of hydrogen-bond acceptors (Lipinski definition) is 8. The Morgan fingerprint density at radius 1 is 0.911 bits per heavy atom. The predicted molar refractivity (Wildman–Crippen MR) is 184 cm³/mol. The highest BCUT2D eigenvalue weighted by molar-refractivity contribution is 7.99. The molecule has 230 valence electrons. The number of rotatable bonds is 11. The van der Waals surface area contributed by atoms with Crippen molar-refractivity contribution in [2.24, 2.45) is 0 Å². The normalized spacial score (nSPS) is 11.6. The molecule has 45 heavy (non-hydrogen) atoms. The van der Waals surface area contributed by atoms with Gasteiger partial charge in [0.15, 0.2) is 5.16 Å². The van der Waals surface area contributed by atoms with Crippen LogP contribution >= 0.6 is 34.7 Å². The Hall–Kier alpha value is -4.25. The Morgan fingerprint density at radius 2 is 1.58 bits per heavy atom. The van der Waals surface area contributed by atoms with Crippen LogP contribution in [0.15, 0.2) is 95.5 Å². The molecule has 0 bridgehead atoms. The maximum absolute atomic E-state index is 14.1. The standard InChI is InChI=1S/C34H33ClN6O2S2/c1-22-18-23(2)37-34(36-22)45-21-31(42)41(19-30-39-29(20-44-30)24-8-6-5-7-9-24)32(25-10-12-26(35)13-11-25)33(43)38-27-14-16-28(17-15-27)40(3)4/h5-18,20,32H,19,21H2,1-4H3,(H,38,43). The van der Waals surface area contributed by atoms with E-state index in [-0.39, 0.29) is 24.1 Å². The lowest BCUT2D eigenvalue weighted by Gasteiger charge is -2.31. The molecular weight excluding hydrogens is 624 g/mol. The van der Waals surface area contributed by atoms with Crippen LogP contribution in [0.4, 0.5) is 11.4 Å². The molecule has 1 unspecified atom stereocenters. The molecule has 3 aromatic carbocycles. The van der Waals surface area contributed by atoms with E-state index in [1.165, 1.54) is 23.1 Å². The van der Waals surface area contributed by atoms with Gasteiger partial charge in [-0.15, -0.1) is 11.3 Å². The molecule has 1 atom stereocenters. The maximum atomic E-state index is 14.1. The van der Waals surface area contributed by atoms with Crippen LogP contribution in [0.2, 0.25) is 5.02 Å². The molecule has 0 aliphatic heterocycles. The van der Waals surface area contributed by atoms with E-state index in [9.17, 15) is 9.59 Å². The minimum absolute atomic E-state index is 0.0364. The Balaban J connectivity index is 1.49. The van der Waals surface area contributed by atoms with E-state index in [1.807, 2.05) is 98.9 Å². The molecule has 5 rings (SSSR count). The molecular formula is C34H33ClN6O2S2. The lowest BCUT2D eigenvalue weighted by atomic mass is 10.0. The first-order chi connectivity index (χ1) is 21.7. The van der Waals surface area contributed by atoms with Gasteiger partial charge in [-0.25, -0.2) is 15.0 Å². The van der Waals surface area contributed by atoms with Crippen molar-refractivity contribution in [1.82, 2.24) is 19.9 Å². The molecule has 0 saturated heterocycles. The van der Waals surface area contributed by atoms with Crippen molar-refractivity contribution in [2.45, 2.75) is 31.6 Å². The van der Waals surface area contributed by atoms with E-state index in [0.717, 1.165) is 28.3 Å². The minimum atomic E-state index is -0.965. The SMILES string of the molecule is Cc1cc(C)nc(SCC(=O)N(Cc2nc(-c3ccccc3)cs2)C(C(=O)Nc2ccc(N(C)C)cc2)c2ccc(Cl)cc2)n1. The second-order valence-corrected chi connectivity index (χ2v) is 12.9.